The summed E-state index contributed by atoms with van der Waals surface area (Å²) in [6.07, 6.45) is 3.51. The first kappa shape index (κ1) is 9.21. The van der Waals surface area contributed by atoms with Crippen molar-refractivity contribution in [2.75, 3.05) is 0 Å². The largest absolute Gasteiger partial charge is 0.330 e. The van der Waals surface area contributed by atoms with Gasteiger partial charge in [-0.05, 0) is 13.3 Å². The van der Waals surface area contributed by atoms with Crippen molar-refractivity contribution in [1.82, 2.24) is 5.32 Å². The minimum Gasteiger partial charge on any atom is -0.330 e. The normalized spacial score (nSPS) is 11.3. The summed E-state index contributed by atoms with van der Waals surface area (Å²) in [5.74, 6) is 0.0854. The molecule has 0 aliphatic heterocycles. The summed E-state index contributed by atoms with van der Waals surface area (Å²) >= 11 is 0. The van der Waals surface area contributed by atoms with E-state index in [0.29, 0.717) is 6.42 Å². The third-order valence-corrected chi connectivity index (χ3v) is 1.17. The van der Waals surface area contributed by atoms with Gasteiger partial charge in [-0.2, -0.15) is 0 Å². The minimum atomic E-state index is 0.0854. The molecule has 0 saturated heterocycles. The zero-order valence-corrected chi connectivity index (χ0v) is 6.90. The SMILES string of the molecule is CC/C=C(\C)NC(=O)CC. The maximum Gasteiger partial charge on any atom is 0.223 e. The smallest absolute Gasteiger partial charge is 0.223 e. The summed E-state index contributed by atoms with van der Waals surface area (Å²) in [6, 6.07) is 0. The Morgan fingerprint density at radius 2 is 2.10 bits per heavy atom. The van der Waals surface area contributed by atoms with Crippen molar-refractivity contribution in [3.8, 4) is 0 Å². The van der Waals surface area contributed by atoms with Gasteiger partial charge in [0, 0.05) is 12.1 Å². The molecule has 0 aliphatic carbocycles. The number of carbonyl (C=O) groups is 1. The summed E-state index contributed by atoms with van der Waals surface area (Å²) in [5.41, 5.74) is 0.953. The summed E-state index contributed by atoms with van der Waals surface area (Å²) in [5, 5.41) is 2.75. The molecular formula is C8H15NO. The maximum atomic E-state index is 10.7. The Hall–Kier alpha value is -0.790. The number of hydrogen-bond donors (Lipinski definition) is 1. The van der Waals surface area contributed by atoms with E-state index in [-0.39, 0.29) is 5.91 Å². The van der Waals surface area contributed by atoms with Crippen LogP contribution in [0.25, 0.3) is 0 Å². The molecule has 0 spiro atoms. The Labute approximate surface area is 62.3 Å². The van der Waals surface area contributed by atoms with Crippen molar-refractivity contribution in [2.45, 2.75) is 33.6 Å². The molecule has 1 amide bonds. The van der Waals surface area contributed by atoms with Crippen LogP contribution in [0.15, 0.2) is 11.8 Å². The molecule has 0 aromatic rings. The molecule has 0 saturated carbocycles. The zero-order valence-electron chi connectivity index (χ0n) is 6.90. The van der Waals surface area contributed by atoms with Crippen LogP contribution in [0, 0.1) is 0 Å². The molecule has 0 aromatic heterocycles. The highest BCUT2D eigenvalue weighted by molar-refractivity contribution is 5.77. The highest BCUT2D eigenvalue weighted by atomic mass is 16.1. The molecule has 1 N–H and O–H groups in total. The van der Waals surface area contributed by atoms with Crippen LogP contribution in [0.1, 0.15) is 33.6 Å². The quantitative estimate of drug-likeness (QED) is 0.638. The lowest BCUT2D eigenvalue weighted by atomic mass is 10.3. The third-order valence-electron chi connectivity index (χ3n) is 1.17. The van der Waals surface area contributed by atoms with Crippen molar-refractivity contribution >= 4 is 5.91 Å². The van der Waals surface area contributed by atoms with E-state index in [0.717, 1.165) is 12.1 Å². The summed E-state index contributed by atoms with van der Waals surface area (Å²) < 4.78 is 0. The van der Waals surface area contributed by atoms with Crippen LogP contribution in [-0.2, 0) is 4.79 Å². The Morgan fingerprint density at radius 3 is 2.50 bits per heavy atom. The van der Waals surface area contributed by atoms with Gasteiger partial charge in [0.25, 0.3) is 0 Å². The van der Waals surface area contributed by atoms with Crippen LogP contribution in [0.4, 0.5) is 0 Å². The van der Waals surface area contributed by atoms with Gasteiger partial charge in [-0.25, -0.2) is 0 Å². The van der Waals surface area contributed by atoms with Crippen molar-refractivity contribution in [3.05, 3.63) is 11.8 Å². The molecule has 10 heavy (non-hydrogen) atoms. The number of hydrogen-bond acceptors (Lipinski definition) is 1. The lowest BCUT2D eigenvalue weighted by Crippen LogP contribution is -2.19. The van der Waals surface area contributed by atoms with Gasteiger partial charge in [-0.1, -0.05) is 19.9 Å². The Morgan fingerprint density at radius 1 is 1.50 bits per heavy atom. The van der Waals surface area contributed by atoms with E-state index in [1.165, 1.54) is 0 Å². The van der Waals surface area contributed by atoms with Crippen molar-refractivity contribution in [1.29, 1.82) is 0 Å². The highest BCUT2D eigenvalue weighted by Gasteiger charge is 1.94. The molecule has 0 aliphatic rings. The predicted molar refractivity (Wildman–Crippen MR) is 42.5 cm³/mol. The van der Waals surface area contributed by atoms with Gasteiger partial charge in [0.1, 0.15) is 0 Å². The Bertz CT molecular complexity index is 138. The van der Waals surface area contributed by atoms with Crippen molar-refractivity contribution in [3.63, 3.8) is 0 Å². The van der Waals surface area contributed by atoms with Gasteiger partial charge in [-0.15, -0.1) is 0 Å². The van der Waals surface area contributed by atoms with Crippen molar-refractivity contribution in [2.24, 2.45) is 0 Å². The summed E-state index contributed by atoms with van der Waals surface area (Å²) in [4.78, 5) is 10.7. The first-order chi connectivity index (χ1) is 4.70. The molecule has 0 heterocycles. The number of rotatable bonds is 3. The van der Waals surface area contributed by atoms with Gasteiger partial charge in [-0.3, -0.25) is 4.79 Å². The monoisotopic (exact) mass is 141 g/mol. The Balaban J connectivity index is 3.67. The van der Waals surface area contributed by atoms with Crippen LogP contribution in [0.2, 0.25) is 0 Å². The standard InChI is InChI=1S/C8H15NO/c1-4-6-7(3)9-8(10)5-2/h6H,4-5H2,1-3H3,(H,9,10)/b7-6+. The van der Waals surface area contributed by atoms with Crippen LogP contribution in [0.5, 0.6) is 0 Å². The first-order valence-corrected chi connectivity index (χ1v) is 3.67. The molecule has 0 radical (unpaired) electrons. The molecule has 0 rings (SSSR count). The molecular weight excluding hydrogens is 126 g/mol. The summed E-state index contributed by atoms with van der Waals surface area (Å²) in [7, 11) is 0. The van der Waals surface area contributed by atoms with Crippen LogP contribution < -0.4 is 5.32 Å². The van der Waals surface area contributed by atoms with Gasteiger partial charge in [0.2, 0.25) is 5.91 Å². The number of allylic oxidation sites excluding steroid dienone is 2. The number of amides is 1. The first-order valence-electron chi connectivity index (χ1n) is 3.67. The third kappa shape index (κ3) is 4.13. The molecule has 58 valence electrons. The Kier molecular flexibility index (Phi) is 4.63. The van der Waals surface area contributed by atoms with E-state index < -0.39 is 0 Å². The predicted octanol–water partition coefficient (Wildman–Crippen LogP) is 1.83. The van der Waals surface area contributed by atoms with Crippen LogP contribution in [-0.4, -0.2) is 5.91 Å². The summed E-state index contributed by atoms with van der Waals surface area (Å²) in [6.45, 7) is 5.78. The van der Waals surface area contributed by atoms with E-state index in [1.54, 1.807) is 0 Å². The van der Waals surface area contributed by atoms with Crippen LogP contribution in [0.3, 0.4) is 0 Å². The number of nitrogens with one attached hydrogen (secondary N) is 1. The van der Waals surface area contributed by atoms with Crippen LogP contribution >= 0.6 is 0 Å². The lowest BCUT2D eigenvalue weighted by Gasteiger charge is -2.01. The van der Waals surface area contributed by atoms with Crippen molar-refractivity contribution < 1.29 is 4.79 Å². The molecule has 2 nitrogen and oxygen atoms in total. The minimum absolute atomic E-state index is 0.0854. The second-order valence-electron chi connectivity index (χ2n) is 2.20. The average Bonchev–Trinajstić information content (AvgIpc) is 1.88. The average molecular weight is 141 g/mol. The fourth-order valence-corrected chi connectivity index (χ4v) is 0.666. The number of carbonyl (C=O) groups excluding carboxylic acids is 1. The fourth-order valence-electron chi connectivity index (χ4n) is 0.666. The molecule has 0 bridgehead atoms. The zero-order chi connectivity index (χ0) is 7.98. The maximum absolute atomic E-state index is 10.7. The molecule has 0 fully saturated rings. The van der Waals surface area contributed by atoms with Gasteiger partial charge in [0.05, 0.1) is 0 Å². The molecule has 0 aromatic carbocycles. The molecule has 0 atom stereocenters. The lowest BCUT2D eigenvalue weighted by molar-refractivity contribution is -0.120. The fraction of sp³-hybridized carbons (Fsp3) is 0.625. The van der Waals surface area contributed by atoms with E-state index in [1.807, 2.05) is 26.8 Å². The molecule has 0 unspecified atom stereocenters. The molecule has 2 heteroatoms. The van der Waals surface area contributed by atoms with E-state index in [4.69, 9.17) is 0 Å². The topological polar surface area (TPSA) is 29.1 Å². The van der Waals surface area contributed by atoms with Gasteiger partial charge < -0.3 is 5.32 Å². The second kappa shape index (κ2) is 5.03. The highest BCUT2D eigenvalue weighted by Crippen LogP contribution is 1.90. The van der Waals surface area contributed by atoms with E-state index in [2.05, 4.69) is 5.32 Å². The van der Waals surface area contributed by atoms with E-state index in [9.17, 15) is 4.79 Å². The van der Waals surface area contributed by atoms with E-state index >= 15 is 0 Å². The van der Waals surface area contributed by atoms with Gasteiger partial charge >= 0.3 is 0 Å². The second-order valence-corrected chi connectivity index (χ2v) is 2.20. The van der Waals surface area contributed by atoms with Gasteiger partial charge in [0.15, 0.2) is 0 Å².